The summed E-state index contributed by atoms with van der Waals surface area (Å²) in [4.78, 5) is 25.7. The van der Waals surface area contributed by atoms with E-state index in [0.717, 1.165) is 37.9 Å². The van der Waals surface area contributed by atoms with Crippen LogP contribution in [0.15, 0.2) is 24.3 Å². The van der Waals surface area contributed by atoms with Crippen molar-refractivity contribution in [2.45, 2.75) is 45.6 Å². The van der Waals surface area contributed by atoms with E-state index < -0.39 is 0 Å². The fourth-order valence-corrected chi connectivity index (χ4v) is 2.78. The Morgan fingerprint density at radius 3 is 2.43 bits per heavy atom. The molecule has 2 rings (SSSR count). The Morgan fingerprint density at radius 1 is 1.17 bits per heavy atom. The quantitative estimate of drug-likeness (QED) is 0.847. The van der Waals surface area contributed by atoms with Gasteiger partial charge in [-0.3, -0.25) is 4.79 Å². The van der Waals surface area contributed by atoms with Gasteiger partial charge in [-0.2, -0.15) is 0 Å². The SMILES string of the molecule is CCc1ccc(C(C)NC(=O)NCCC(=O)N2CCCC2)cc1. The Balaban J connectivity index is 1.69. The summed E-state index contributed by atoms with van der Waals surface area (Å²) in [6.07, 6.45) is 3.56. The summed E-state index contributed by atoms with van der Waals surface area (Å²) < 4.78 is 0. The van der Waals surface area contributed by atoms with E-state index in [1.807, 2.05) is 24.0 Å². The number of rotatable bonds is 6. The third-order valence-corrected chi connectivity index (χ3v) is 4.32. The molecule has 1 fully saturated rings. The van der Waals surface area contributed by atoms with E-state index in [2.05, 4.69) is 29.7 Å². The highest BCUT2D eigenvalue weighted by molar-refractivity contribution is 5.78. The molecular formula is C18H27N3O2. The van der Waals surface area contributed by atoms with Crippen molar-refractivity contribution in [1.29, 1.82) is 0 Å². The number of hydrogen-bond donors (Lipinski definition) is 2. The lowest BCUT2D eigenvalue weighted by Crippen LogP contribution is -2.39. The summed E-state index contributed by atoms with van der Waals surface area (Å²) >= 11 is 0. The lowest BCUT2D eigenvalue weighted by Gasteiger charge is -2.17. The Morgan fingerprint density at radius 2 is 1.83 bits per heavy atom. The summed E-state index contributed by atoms with van der Waals surface area (Å²) in [6, 6.07) is 7.96. The number of carbonyl (C=O) groups excluding carboxylic acids is 2. The third-order valence-electron chi connectivity index (χ3n) is 4.32. The molecule has 1 heterocycles. The van der Waals surface area contributed by atoms with Crippen molar-refractivity contribution < 1.29 is 9.59 Å². The van der Waals surface area contributed by atoms with Crippen LogP contribution in [0.1, 0.15) is 50.3 Å². The highest BCUT2D eigenvalue weighted by Gasteiger charge is 2.17. The molecule has 1 aromatic carbocycles. The predicted molar refractivity (Wildman–Crippen MR) is 91.2 cm³/mol. The summed E-state index contributed by atoms with van der Waals surface area (Å²) in [7, 11) is 0. The monoisotopic (exact) mass is 317 g/mol. The van der Waals surface area contributed by atoms with Crippen molar-refractivity contribution in [3.05, 3.63) is 35.4 Å². The van der Waals surface area contributed by atoms with Crippen LogP contribution in [0.5, 0.6) is 0 Å². The van der Waals surface area contributed by atoms with Gasteiger partial charge in [-0.05, 0) is 37.3 Å². The fraction of sp³-hybridized carbons (Fsp3) is 0.556. The smallest absolute Gasteiger partial charge is 0.315 e. The van der Waals surface area contributed by atoms with Crippen LogP contribution in [0, 0.1) is 0 Å². The predicted octanol–water partition coefficient (Wildman–Crippen LogP) is 2.62. The van der Waals surface area contributed by atoms with E-state index in [4.69, 9.17) is 0 Å². The molecule has 0 aliphatic carbocycles. The molecule has 1 unspecified atom stereocenters. The van der Waals surface area contributed by atoms with Gasteiger partial charge in [0.2, 0.25) is 5.91 Å². The zero-order valence-corrected chi connectivity index (χ0v) is 14.1. The molecule has 1 aliphatic heterocycles. The van der Waals surface area contributed by atoms with Crippen LogP contribution in [-0.4, -0.2) is 36.5 Å². The molecule has 5 nitrogen and oxygen atoms in total. The maximum absolute atomic E-state index is 11.9. The van der Waals surface area contributed by atoms with Gasteiger partial charge in [-0.1, -0.05) is 31.2 Å². The van der Waals surface area contributed by atoms with Crippen LogP contribution in [0.3, 0.4) is 0 Å². The van der Waals surface area contributed by atoms with Gasteiger partial charge >= 0.3 is 6.03 Å². The molecular weight excluding hydrogens is 290 g/mol. The zero-order valence-electron chi connectivity index (χ0n) is 14.1. The van der Waals surface area contributed by atoms with Gasteiger partial charge in [0.15, 0.2) is 0 Å². The van der Waals surface area contributed by atoms with Gasteiger partial charge in [0, 0.05) is 26.1 Å². The van der Waals surface area contributed by atoms with E-state index in [1.54, 1.807) is 0 Å². The van der Waals surface area contributed by atoms with Crippen molar-refractivity contribution in [3.8, 4) is 0 Å². The summed E-state index contributed by atoms with van der Waals surface area (Å²) in [5.41, 5.74) is 2.36. The van der Waals surface area contributed by atoms with Crippen LogP contribution >= 0.6 is 0 Å². The van der Waals surface area contributed by atoms with Gasteiger partial charge in [0.25, 0.3) is 0 Å². The molecule has 2 N–H and O–H groups in total. The Labute approximate surface area is 138 Å². The van der Waals surface area contributed by atoms with Crippen molar-refractivity contribution >= 4 is 11.9 Å². The van der Waals surface area contributed by atoms with Crippen LogP contribution < -0.4 is 10.6 Å². The normalized spacial score (nSPS) is 15.3. The van der Waals surface area contributed by atoms with Gasteiger partial charge in [0.1, 0.15) is 0 Å². The van der Waals surface area contributed by atoms with Gasteiger partial charge < -0.3 is 15.5 Å². The Bertz CT molecular complexity index is 522. The largest absolute Gasteiger partial charge is 0.343 e. The van der Waals surface area contributed by atoms with Crippen LogP contribution in [0.25, 0.3) is 0 Å². The summed E-state index contributed by atoms with van der Waals surface area (Å²) in [5.74, 6) is 0.131. The molecule has 126 valence electrons. The average molecular weight is 317 g/mol. The molecule has 1 atom stereocenters. The van der Waals surface area contributed by atoms with E-state index in [9.17, 15) is 9.59 Å². The number of nitrogens with zero attached hydrogens (tertiary/aromatic N) is 1. The molecule has 1 saturated heterocycles. The molecule has 1 aliphatic rings. The minimum atomic E-state index is -0.230. The second-order valence-corrected chi connectivity index (χ2v) is 6.05. The van der Waals surface area contributed by atoms with E-state index >= 15 is 0 Å². The lowest BCUT2D eigenvalue weighted by atomic mass is 10.1. The van der Waals surface area contributed by atoms with E-state index in [-0.39, 0.29) is 18.0 Å². The molecule has 0 radical (unpaired) electrons. The Kier molecular flexibility index (Phi) is 6.44. The fourth-order valence-electron chi connectivity index (χ4n) is 2.78. The zero-order chi connectivity index (χ0) is 16.7. The second kappa shape index (κ2) is 8.56. The van der Waals surface area contributed by atoms with Crippen LogP contribution in [0.4, 0.5) is 4.79 Å². The topological polar surface area (TPSA) is 61.4 Å². The number of aryl methyl sites for hydroxylation is 1. The molecule has 3 amide bonds. The number of nitrogens with one attached hydrogen (secondary N) is 2. The molecule has 0 saturated carbocycles. The van der Waals surface area contributed by atoms with Gasteiger partial charge in [0.05, 0.1) is 6.04 Å². The first-order valence-corrected chi connectivity index (χ1v) is 8.51. The van der Waals surface area contributed by atoms with E-state index in [0.29, 0.717) is 13.0 Å². The number of carbonyl (C=O) groups is 2. The molecule has 0 spiro atoms. The van der Waals surface area contributed by atoms with E-state index in [1.165, 1.54) is 5.56 Å². The number of amides is 3. The van der Waals surface area contributed by atoms with Gasteiger partial charge in [-0.15, -0.1) is 0 Å². The maximum atomic E-state index is 11.9. The summed E-state index contributed by atoms with van der Waals surface area (Å²) in [5, 5.41) is 5.66. The first kappa shape index (κ1) is 17.3. The molecule has 0 bridgehead atoms. The second-order valence-electron chi connectivity index (χ2n) is 6.05. The molecule has 23 heavy (non-hydrogen) atoms. The first-order chi connectivity index (χ1) is 11.1. The molecule has 1 aromatic rings. The standard InChI is InChI=1S/C18H27N3O2/c1-3-15-6-8-16(9-7-15)14(2)20-18(23)19-11-10-17(22)21-12-4-5-13-21/h6-9,14H,3-5,10-13H2,1-2H3,(H2,19,20,23). The molecule has 5 heteroatoms. The first-order valence-electron chi connectivity index (χ1n) is 8.51. The minimum absolute atomic E-state index is 0.0600. The van der Waals surface area contributed by atoms with Crippen LogP contribution in [0.2, 0.25) is 0 Å². The Hall–Kier alpha value is -2.04. The van der Waals surface area contributed by atoms with Crippen molar-refractivity contribution in [2.75, 3.05) is 19.6 Å². The average Bonchev–Trinajstić information content (AvgIpc) is 3.09. The van der Waals surface area contributed by atoms with Crippen LogP contribution in [-0.2, 0) is 11.2 Å². The van der Waals surface area contributed by atoms with Crippen molar-refractivity contribution in [2.24, 2.45) is 0 Å². The number of urea groups is 1. The highest BCUT2D eigenvalue weighted by atomic mass is 16.2. The third kappa shape index (κ3) is 5.27. The maximum Gasteiger partial charge on any atom is 0.315 e. The van der Waals surface area contributed by atoms with Crippen molar-refractivity contribution in [3.63, 3.8) is 0 Å². The summed E-state index contributed by atoms with van der Waals surface area (Å²) in [6.45, 7) is 6.16. The number of benzene rings is 1. The molecule has 0 aromatic heterocycles. The van der Waals surface area contributed by atoms with Gasteiger partial charge in [-0.25, -0.2) is 4.79 Å². The highest BCUT2D eigenvalue weighted by Crippen LogP contribution is 2.13. The number of hydrogen-bond acceptors (Lipinski definition) is 2. The van der Waals surface area contributed by atoms with Crippen molar-refractivity contribution in [1.82, 2.24) is 15.5 Å². The number of likely N-dealkylation sites (tertiary alicyclic amines) is 1. The lowest BCUT2D eigenvalue weighted by molar-refractivity contribution is -0.129. The minimum Gasteiger partial charge on any atom is -0.343 e.